The third-order valence-electron chi connectivity index (χ3n) is 13.8. The second-order valence-corrected chi connectivity index (χ2v) is 17.6. The van der Waals surface area contributed by atoms with Crippen molar-refractivity contribution in [3.8, 4) is 78.4 Å². The first-order valence-corrected chi connectivity index (χ1v) is 23.2. The van der Waals surface area contributed by atoms with E-state index in [1.165, 1.54) is 33.4 Å². The van der Waals surface area contributed by atoms with Crippen molar-refractivity contribution >= 4 is 21.9 Å². The first-order chi connectivity index (χ1) is 33.7. The van der Waals surface area contributed by atoms with Gasteiger partial charge < -0.3 is 4.42 Å². The maximum Gasteiger partial charge on any atom is 0.160 e. The lowest BCUT2D eigenvalue weighted by Gasteiger charge is -2.35. The van der Waals surface area contributed by atoms with Gasteiger partial charge in [-0.05, 0) is 91.5 Å². The molecule has 318 valence electrons. The van der Waals surface area contributed by atoms with Crippen molar-refractivity contribution in [2.75, 3.05) is 0 Å². The normalized spacial score (nSPS) is 12.5. The van der Waals surface area contributed by atoms with Gasteiger partial charge in [0.05, 0.1) is 16.8 Å². The zero-order valence-corrected chi connectivity index (χ0v) is 37.1. The number of hydrogen-bond acceptors (Lipinski definition) is 3. The van der Waals surface area contributed by atoms with E-state index in [-0.39, 0.29) is 0 Å². The summed E-state index contributed by atoms with van der Waals surface area (Å²) in [5.74, 6) is 0.660. The Morgan fingerprint density at radius 2 is 0.794 bits per heavy atom. The van der Waals surface area contributed by atoms with Gasteiger partial charge in [-0.15, -0.1) is 0 Å². The molecule has 12 aromatic rings. The highest BCUT2D eigenvalue weighted by molar-refractivity contribution is 6.10. The molecule has 0 unspecified atom stereocenters. The second kappa shape index (κ2) is 16.2. The van der Waals surface area contributed by atoms with Crippen molar-refractivity contribution in [2.45, 2.75) is 5.41 Å². The van der Waals surface area contributed by atoms with Crippen LogP contribution in [0.25, 0.3) is 100 Å². The van der Waals surface area contributed by atoms with Crippen LogP contribution >= 0.6 is 0 Å². The fraction of sp³-hybridized carbons (Fsp3) is 0.0154. The number of para-hydroxylation sites is 2. The highest BCUT2D eigenvalue weighted by atomic mass is 16.3. The summed E-state index contributed by atoms with van der Waals surface area (Å²) in [5.41, 5.74) is 19.6. The molecule has 3 nitrogen and oxygen atoms in total. The topological polar surface area (TPSA) is 38.9 Å². The summed E-state index contributed by atoms with van der Waals surface area (Å²) < 4.78 is 6.71. The van der Waals surface area contributed by atoms with Crippen LogP contribution in [0.4, 0.5) is 0 Å². The SMILES string of the molecule is c1ccc(-c2nc(-c3cc(-c4ccccc4-c4ccccc4)cc(-c4cccc5c4oc4ccccc45)c3)cc(-c3cccc4c3C(c3ccccc3)(c3ccccc3)c3ccccc3-4)n2)cc1. The first-order valence-electron chi connectivity index (χ1n) is 23.2. The maximum atomic E-state index is 6.71. The third kappa shape index (κ3) is 6.35. The number of fused-ring (bicyclic) bond motifs is 6. The summed E-state index contributed by atoms with van der Waals surface area (Å²) in [6.45, 7) is 0. The molecule has 0 radical (unpaired) electrons. The smallest absolute Gasteiger partial charge is 0.160 e. The fourth-order valence-corrected chi connectivity index (χ4v) is 10.8. The summed E-state index contributed by atoms with van der Waals surface area (Å²) in [7, 11) is 0. The van der Waals surface area contributed by atoms with Gasteiger partial charge in [0, 0.05) is 33.0 Å². The van der Waals surface area contributed by atoms with Crippen LogP contribution in [-0.2, 0) is 5.41 Å². The molecule has 0 amide bonds. The van der Waals surface area contributed by atoms with Crippen LogP contribution in [0.2, 0.25) is 0 Å². The van der Waals surface area contributed by atoms with Crippen molar-refractivity contribution in [1.82, 2.24) is 9.97 Å². The molecule has 0 saturated carbocycles. The van der Waals surface area contributed by atoms with Crippen LogP contribution in [-0.4, -0.2) is 9.97 Å². The minimum Gasteiger partial charge on any atom is -0.455 e. The Kier molecular flexibility index (Phi) is 9.40. The minimum absolute atomic E-state index is 0.622. The third-order valence-corrected chi connectivity index (χ3v) is 13.8. The van der Waals surface area contributed by atoms with Gasteiger partial charge in [-0.2, -0.15) is 0 Å². The predicted octanol–water partition coefficient (Wildman–Crippen LogP) is 16.7. The molecule has 0 spiro atoms. The minimum atomic E-state index is -0.622. The molecule has 2 aromatic heterocycles. The Balaban J connectivity index is 1.10. The van der Waals surface area contributed by atoms with Gasteiger partial charge >= 0.3 is 0 Å². The van der Waals surface area contributed by atoms with Crippen molar-refractivity contribution in [3.63, 3.8) is 0 Å². The number of hydrogen-bond donors (Lipinski definition) is 0. The number of rotatable bonds is 8. The van der Waals surface area contributed by atoms with E-state index in [1.807, 2.05) is 18.2 Å². The van der Waals surface area contributed by atoms with E-state index < -0.39 is 5.41 Å². The number of nitrogens with zero attached hydrogens (tertiary/aromatic N) is 2. The standard InChI is InChI=1S/C65H42N2O/c1-5-21-43(22-6-1)50-29-13-14-30-51(50)45-39-46(52-33-19-35-56-54-32-16-18-38-61(54)68-63(52)56)41-47(40-45)59-42-60(67-64(66-59)44-23-7-2-8-24-44)57-36-20-34-55-53-31-15-17-37-58(53)65(62(55)57,48-25-9-3-10-26-48)49-27-11-4-12-28-49/h1-42H. The highest BCUT2D eigenvalue weighted by Crippen LogP contribution is 2.58. The molecule has 0 saturated heterocycles. The maximum absolute atomic E-state index is 6.71. The fourth-order valence-electron chi connectivity index (χ4n) is 10.8. The largest absolute Gasteiger partial charge is 0.455 e. The number of benzene rings is 10. The summed E-state index contributed by atoms with van der Waals surface area (Å²) in [5, 5.41) is 2.19. The molecule has 0 fully saturated rings. The first kappa shape index (κ1) is 39.4. The lowest BCUT2D eigenvalue weighted by Crippen LogP contribution is -2.29. The van der Waals surface area contributed by atoms with Crippen LogP contribution in [0.1, 0.15) is 22.3 Å². The van der Waals surface area contributed by atoms with Crippen LogP contribution in [0.3, 0.4) is 0 Å². The number of aromatic nitrogens is 2. The van der Waals surface area contributed by atoms with Crippen molar-refractivity contribution in [2.24, 2.45) is 0 Å². The molecular formula is C65H42N2O. The van der Waals surface area contributed by atoms with Gasteiger partial charge in [0.25, 0.3) is 0 Å². The van der Waals surface area contributed by atoms with Crippen LogP contribution in [0, 0.1) is 0 Å². The van der Waals surface area contributed by atoms with E-state index in [1.54, 1.807) is 0 Å². The van der Waals surface area contributed by atoms with E-state index >= 15 is 0 Å². The zero-order chi connectivity index (χ0) is 45.0. The molecule has 13 rings (SSSR count). The van der Waals surface area contributed by atoms with Gasteiger partial charge in [0.15, 0.2) is 5.82 Å². The molecule has 68 heavy (non-hydrogen) atoms. The average molecular weight is 867 g/mol. The van der Waals surface area contributed by atoms with E-state index in [4.69, 9.17) is 14.4 Å². The molecular weight excluding hydrogens is 825 g/mol. The molecule has 2 heterocycles. The van der Waals surface area contributed by atoms with Gasteiger partial charge in [0.2, 0.25) is 0 Å². The van der Waals surface area contributed by atoms with Crippen molar-refractivity contribution in [1.29, 1.82) is 0 Å². The quantitative estimate of drug-likeness (QED) is 0.153. The molecule has 1 aliphatic carbocycles. The monoisotopic (exact) mass is 866 g/mol. The Hall–Kier alpha value is -8.92. The Morgan fingerprint density at radius 1 is 0.309 bits per heavy atom. The highest BCUT2D eigenvalue weighted by Gasteiger charge is 2.47. The van der Waals surface area contributed by atoms with Crippen LogP contribution in [0.5, 0.6) is 0 Å². The zero-order valence-electron chi connectivity index (χ0n) is 37.1. The number of furan rings is 1. The molecule has 3 heteroatoms. The van der Waals surface area contributed by atoms with Gasteiger partial charge in [-0.3, -0.25) is 0 Å². The molecule has 0 N–H and O–H groups in total. The van der Waals surface area contributed by atoms with Gasteiger partial charge in [-0.25, -0.2) is 9.97 Å². The average Bonchev–Trinajstić information content (AvgIpc) is 3.96. The molecule has 10 aromatic carbocycles. The van der Waals surface area contributed by atoms with Crippen LogP contribution < -0.4 is 0 Å². The molecule has 1 aliphatic rings. The molecule has 0 aliphatic heterocycles. The summed E-state index contributed by atoms with van der Waals surface area (Å²) >= 11 is 0. The summed E-state index contributed by atoms with van der Waals surface area (Å²) in [4.78, 5) is 11.0. The van der Waals surface area contributed by atoms with E-state index in [2.05, 4.69) is 237 Å². The van der Waals surface area contributed by atoms with Gasteiger partial charge in [-0.1, -0.05) is 224 Å². The van der Waals surface area contributed by atoms with Gasteiger partial charge in [0.1, 0.15) is 11.2 Å². The van der Waals surface area contributed by atoms with Crippen LogP contribution in [0.15, 0.2) is 259 Å². The van der Waals surface area contributed by atoms with E-state index in [0.29, 0.717) is 5.82 Å². The molecule has 0 bridgehead atoms. The Bertz CT molecular complexity index is 3800. The Labute approximate surface area is 395 Å². The lowest BCUT2D eigenvalue weighted by molar-refractivity contribution is 0.670. The summed E-state index contributed by atoms with van der Waals surface area (Å²) in [6, 6.07) is 91.2. The van der Waals surface area contributed by atoms with Crippen molar-refractivity contribution < 1.29 is 4.42 Å². The van der Waals surface area contributed by atoms with E-state index in [0.717, 1.165) is 83.4 Å². The van der Waals surface area contributed by atoms with E-state index in [9.17, 15) is 0 Å². The predicted molar refractivity (Wildman–Crippen MR) is 279 cm³/mol. The Morgan fingerprint density at radius 3 is 1.51 bits per heavy atom. The lowest BCUT2D eigenvalue weighted by atomic mass is 9.66. The molecule has 0 atom stereocenters. The second-order valence-electron chi connectivity index (χ2n) is 17.6. The van der Waals surface area contributed by atoms with Crippen molar-refractivity contribution in [3.05, 3.63) is 277 Å². The summed E-state index contributed by atoms with van der Waals surface area (Å²) in [6.07, 6.45) is 0.